The van der Waals surface area contributed by atoms with E-state index in [1.807, 2.05) is 19.1 Å². The Morgan fingerprint density at radius 3 is 2.52 bits per heavy atom. The lowest BCUT2D eigenvalue weighted by molar-refractivity contribution is -0.137. The first-order chi connectivity index (χ1) is 13.7. The molecule has 0 unspecified atom stereocenters. The quantitative estimate of drug-likeness (QED) is 0.647. The molecular weight excluding hydrogens is 409 g/mol. The number of halogens is 4. The second-order valence-corrected chi connectivity index (χ2v) is 6.62. The molecule has 0 spiro atoms. The van der Waals surface area contributed by atoms with Gasteiger partial charge in [0.25, 0.3) is 5.91 Å². The largest absolute Gasteiger partial charge is 0.417 e. The van der Waals surface area contributed by atoms with Crippen LogP contribution in [0.1, 0.15) is 27.3 Å². The zero-order valence-electron chi connectivity index (χ0n) is 15.4. The normalized spacial score (nSPS) is 11.5. The molecule has 0 atom stereocenters. The van der Waals surface area contributed by atoms with Gasteiger partial charge in [0.2, 0.25) is 0 Å². The van der Waals surface area contributed by atoms with Crippen LogP contribution in [-0.4, -0.2) is 28.0 Å². The van der Waals surface area contributed by atoms with E-state index >= 15 is 0 Å². The number of benzene rings is 2. The maximum absolute atomic E-state index is 13.0. The van der Waals surface area contributed by atoms with Crippen LogP contribution in [0.2, 0.25) is 5.02 Å². The average Bonchev–Trinajstić information content (AvgIpc) is 3.07. The minimum absolute atomic E-state index is 0.0258. The number of amides is 1. The summed E-state index contributed by atoms with van der Waals surface area (Å²) in [7, 11) is 1.45. The Balaban J connectivity index is 1.93. The van der Waals surface area contributed by atoms with Gasteiger partial charge in [0.05, 0.1) is 22.9 Å². The summed E-state index contributed by atoms with van der Waals surface area (Å²) in [5.74, 6) is -0.717. The van der Waals surface area contributed by atoms with Gasteiger partial charge in [-0.15, -0.1) is 5.10 Å². The predicted octanol–water partition coefficient (Wildman–Crippen LogP) is 4.65. The summed E-state index contributed by atoms with van der Waals surface area (Å²) in [6.07, 6.45) is -4.65. The number of nitrogens with zero attached hydrogens (tertiary/aromatic N) is 3. The second-order valence-electron chi connectivity index (χ2n) is 6.21. The van der Waals surface area contributed by atoms with Crippen molar-refractivity contribution >= 4 is 23.2 Å². The van der Waals surface area contributed by atoms with E-state index in [0.29, 0.717) is 11.4 Å². The van der Waals surface area contributed by atoms with Crippen molar-refractivity contribution < 1.29 is 22.7 Å². The average molecular weight is 425 g/mol. The molecule has 0 radical (unpaired) electrons. The molecule has 0 bridgehead atoms. The first kappa shape index (κ1) is 20.8. The van der Waals surface area contributed by atoms with Crippen LogP contribution in [0.5, 0.6) is 0 Å². The molecule has 1 heterocycles. The van der Waals surface area contributed by atoms with Crippen LogP contribution in [0.3, 0.4) is 0 Å². The number of alkyl halides is 3. The Labute approximate surface area is 169 Å². The van der Waals surface area contributed by atoms with Gasteiger partial charge in [-0.2, -0.15) is 13.2 Å². The summed E-state index contributed by atoms with van der Waals surface area (Å²) in [6.45, 7) is 1.96. The molecule has 152 valence electrons. The van der Waals surface area contributed by atoms with Crippen LogP contribution in [0.25, 0.3) is 5.69 Å². The molecule has 0 aliphatic heterocycles. The molecule has 0 saturated carbocycles. The Hall–Kier alpha value is -2.91. The van der Waals surface area contributed by atoms with Gasteiger partial charge in [-0.25, -0.2) is 4.68 Å². The van der Waals surface area contributed by atoms with Crippen molar-refractivity contribution in [2.24, 2.45) is 0 Å². The van der Waals surface area contributed by atoms with E-state index in [4.69, 9.17) is 16.3 Å². The molecule has 0 aliphatic rings. The number of aryl methyl sites for hydroxylation is 1. The van der Waals surface area contributed by atoms with E-state index in [2.05, 4.69) is 15.6 Å². The number of nitrogens with one attached hydrogen (secondary N) is 1. The molecule has 29 heavy (non-hydrogen) atoms. The fourth-order valence-corrected chi connectivity index (χ4v) is 2.87. The zero-order chi connectivity index (χ0) is 21.2. The lowest BCUT2D eigenvalue weighted by Crippen LogP contribution is -2.16. The van der Waals surface area contributed by atoms with Crippen LogP contribution >= 0.6 is 11.6 Å². The van der Waals surface area contributed by atoms with E-state index < -0.39 is 22.7 Å². The number of carbonyl (C=O) groups is 1. The number of hydrogen-bond donors (Lipinski definition) is 1. The topological polar surface area (TPSA) is 69.0 Å². The van der Waals surface area contributed by atoms with E-state index in [0.717, 1.165) is 17.7 Å². The predicted molar refractivity (Wildman–Crippen MR) is 101 cm³/mol. The second kappa shape index (κ2) is 8.22. The number of carbonyl (C=O) groups excluding carboxylic acids is 1. The third-order valence-corrected chi connectivity index (χ3v) is 4.40. The third-order valence-electron chi connectivity index (χ3n) is 4.07. The van der Waals surface area contributed by atoms with Crippen molar-refractivity contribution in [3.05, 3.63) is 70.0 Å². The SMILES string of the molecule is COCc1c(C(=O)Nc2ccc(Cl)c(C(F)(F)F)c2)nnn1-c1ccc(C)cc1. The fraction of sp³-hybridized carbons (Fsp3) is 0.211. The van der Waals surface area contributed by atoms with E-state index in [1.165, 1.54) is 17.9 Å². The van der Waals surface area contributed by atoms with Gasteiger partial charge >= 0.3 is 6.18 Å². The lowest BCUT2D eigenvalue weighted by atomic mass is 10.2. The van der Waals surface area contributed by atoms with Crippen LogP contribution in [-0.2, 0) is 17.5 Å². The molecule has 3 rings (SSSR count). The van der Waals surface area contributed by atoms with Crippen molar-refractivity contribution in [1.82, 2.24) is 15.0 Å². The molecule has 10 heteroatoms. The molecule has 1 amide bonds. The van der Waals surface area contributed by atoms with Crippen LogP contribution in [0.15, 0.2) is 42.5 Å². The number of hydrogen-bond acceptors (Lipinski definition) is 4. The lowest BCUT2D eigenvalue weighted by Gasteiger charge is -2.12. The van der Waals surface area contributed by atoms with Gasteiger partial charge in [0, 0.05) is 12.8 Å². The monoisotopic (exact) mass is 424 g/mol. The number of methoxy groups -OCH3 is 1. The van der Waals surface area contributed by atoms with Gasteiger partial charge in [-0.3, -0.25) is 4.79 Å². The number of rotatable bonds is 5. The molecule has 0 fully saturated rings. The number of aromatic nitrogens is 3. The minimum atomic E-state index is -4.65. The first-order valence-corrected chi connectivity index (χ1v) is 8.77. The van der Waals surface area contributed by atoms with Crippen molar-refractivity contribution in [2.75, 3.05) is 12.4 Å². The van der Waals surface area contributed by atoms with Gasteiger partial charge in [0.15, 0.2) is 5.69 Å². The summed E-state index contributed by atoms with van der Waals surface area (Å²) in [5, 5.41) is 9.83. The van der Waals surface area contributed by atoms with Gasteiger partial charge in [0.1, 0.15) is 5.69 Å². The molecule has 0 aliphatic carbocycles. The summed E-state index contributed by atoms with van der Waals surface area (Å²) >= 11 is 5.61. The van der Waals surface area contributed by atoms with E-state index in [9.17, 15) is 18.0 Å². The number of ether oxygens (including phenoxy) is 1. The minimum Gasteiger partial charge on any atom is -0.378 e. The van der Waals surface area contributed by atoms with Crippen molar-refractivity contribution in [1.29, 1.82) is 0 Å². The summed E-state index contributed by atoms with van der Waals surface area (Å²) < 4.78 is 45.7. The van der Waals surface area contributed by atoms with E-state index in [-0.39, 0.29) is 18.0 Å². The highest BCUT2D eigenvalue weighted by Gasteiger charge is 2.33. The third kappa shape index (κ3) is 4.57. The van der Waals surface area contributed by atoms with Crippen LogP contribution < -0.4 is 5.32 Å². The van der Waals surface area contributed by atoms with E-state index in [1.54, 1.807) is 12.1 Å². The molecule has 2 aromatic carbocycles. The van der Waals surface area contributed by atoms with Gasteiger partial charge in [-0.05, 0) is 37.3 Å². The van der Waals surface area contributed by atoms with Crippen LogP contribution in [0, 0.1) is 6.92 Å². The first-order valence-electron chi connectivity index (χ1n) is 8.39. The van der Waals surface area contributed by atoms with Crippen molar-refractivity contribution in [2.45, 2.75) is 19.7 Å². The highest BCUT2D eigenvalue weighted by Crippen LogP contribution is 2.36. The highest BCUT2D eigenvalue weighted by atomic mass is 35.5. The summed E-state index contributed by atoms with van der Waals surface area (Å²) in [6, 6.07) is 10.5. The van der Waals surface area contributed by atoms with Gasteiger partial charge < -0.3 is 10.1 Å². The van der Waals surface area contributed by atoms with Gasteiger partial charge in [-0.1, -0.05) is 34.5 Å². The fourth-order valence-electron chi connectivity index (χ4n) is 2.65. The zero-order valence-corrected chi connectivity index (χ0v) is 16.2. The smallest absolute Gasteiger partial charge is 0.378 e. The molecule has 1 N–H and O–H groups in total. The molecule has 1 aromatic heterocycles. The molecular formula is C19H16ClF3N4O2. The summed E-state index contributed by atoms with van der Waals surface area (Å²) in [4.78, 5) is 12.7. The van der Waals surface area contributed by atoms with Crippen molar-refractivity contribution in [3.8, 4) is 5.69 Å². The Bertz CT molecular complexity index is 1030. The Kier molecular flexibility index (Phi) is 5.90. The Morgan fingerprint density at radius 1 is 1.21 bits per heavy atom. The standard InChI is InChI=1S/C19H16ClF3N4O2/c1-11-3-6-13(7-4-11)27-16(10-29-2)17(25-26-27)18(28)24-12-5-8-15(20)14(9-12)19(21,22)23/h3-9H,10H2,1-2H3,(H,24,28). The maximum Gasteiger partial charge on any atom is 0.417 e. The Morgan fingerprint density at radius 2 is 1.90 bits per heavy atom. The number of anilines is 1. The molecule has 3 aromatic rings. The summed E-state index contributed by atoms with van der Waals surface area (Å²) in [5.41, 5.74) is 0.899. The van der Waals surface area contributed by atoms with Crippen LogP contribution in [0.4, 0.5) is 18.9 Å². The highest BCUT2D eigenvalue weighted by molar-refractivity contribution is 6.31. The molecule has 6 nitrogen and oxygen atoms in total. The molecule has 0 saturated heterocycles. The van der Waals surface area contributed by atoms with Crippen molar-refractivity contribution in [3.63, 3.8) is 0 Å². The maximum atomic E-state index is 13.0.